The topological polar surface area (TPSA) is 78.8 Å². The predicted octanol–water partition coefficient (Wildman–Crippen LogP) is 4.69. The van der Waals surface area contributed by atoms with Crippen LogP contribution in [0.25, 0.3) is 0 Å². The summed E-state index contributed by atoms with van der Waals surface area (Å²) in [5, 5.41) is 4.53. The van der Waals surface area contributed by atoms with Crippen molar-refractivity contribution in [3.8, 4) is 0 Å². The molecule has 0 spiro atoms. The molecule has 0 bridgehead atoms. The second kappa shape index (κ2) is 9.18. The van der Waals surface area contributed by atoms with E-state index in [4.69, 9.17) is 11.6 Å². The van der Waals surface area contributed by atoms with E-state index >= 15 is 0 Å². The molecule has 0 aliphatic heterocycles. The number of rotatable bonds is 6. The smallest absolute Gasteiger partial charge is 0.264 e. The third kappa shape index (κ3) is 5.83. The van der Waals surface area contributed by atoms with Crippen LogP contribution in [0.15, 0.2) is 52.5 Å². The molecule has 6 nitrogen and oxygen atoms in total. The molecule has 0 unspecified atom stereocenters. The van der Waals surface area contributed by atoms with Gasteiger partial charge in [0.2, 0.25) is 0 Å². The molecule has 0 radical (unpaired) electrons. The molecule has 2 aromatic rings. The highest BCUT2D eigenvalue weighted by molar-refractivity contribution is 7.92. The predicted molar refractivity (Wildman–Crippen MR) is 123 cm³/mol. The SMILES string of the molecule is C/C(=N/NC(=O)CN(c1ccc(C)c(Cl)c1)S(=O)(=O)c1ccc(C)cc1)C(C)(C)C. The minimum atomic E-state index is -4.00. The number of nitrogens with zero attached hydrogens (tertiary/aromatic N) is 2. The number of hydrogen-bond donors (Lipinski definition) is 1. The minimum Gasteiger partial charge on any atom is -0.271 e. The lowest BCUT2D eigenvalue weighted by Gasteiger charge is -2.24. The molecule has 162 valence electrons. The fourth-order valence-corrected chi connectivity index (χ4v) is 3.96. The van der Waals surface area contributed by atoms with E-state index < -0.39 is 22.5 Å². The molecule has 0 aliphatic carbocycles. The van der Waals surface area contributed by atoms with Gasteiger partial charge in [0.15, 0.2) is 0 Å². The molecule has 0 saturated heterocycles. The fourth-order valence-electron chi connectivity index (χ4n) is 2.37. The lowest BCUT2D eigenvalue weighted by atomic mass is 9.91. The van der Waals surface area contributed by atoms with E-state index in [1.165, 1.54) is 12.1 Å². The highest BCUT2D eigenvalue weighted by Gasteiger charge is 2.27. The molecular formula is C22H28ClN3O3S. The van der Waals surface area contributed by atoms with Crippen LogP contribution in [0.5, 0.6) is 0 Å². The van der Waals surface area contributed by atoms with E-state index in [9.17, 15) is 13.2 Å². The number of halogens is 1. The lowest BCUT2D eigenvalue weighted by Crippen LogP contribution is -2.40. The average molecular weight is 450 g/mol. The molecule has 1 amide bonds. The Morgan fingerprint density at radius 2 is 1.70 bits per heavy atom. The molecule has 30 heavy (non-hydrogen) atoms. The molecule has 8 heteroatoms. The quantitative estimate of drug-likeness (QED) is 0.513. The van der Waals surface area contributed by atoms with E-state index in [0.29, 0.717) is 10.7 Å². The van der Waals surface area contributed by atoms with Crippen molar-refractivity contribution in [1.29, 1.82) is 0 Å². The summed E-state index contributed by atoms with van der Waals surface area (Å²) in [5.41, 5.74) is 5.01. The molecule has 0 fully saturated rings. The highest BCUT2D eigenvalue weighted by Crippen LogP contribution is 2.28. The molecule has 2 rings (SSSR count). The molecule has 1 N–H and O–H groups in total. The molecule has 0 saturated carbocycles. The van der Waals surface area contributed by atoms with E-state index in [1.54, 1.807) is 37.3 Å². The van der Waals surface area contributed by atoms with Crippen LogP contribution in [0.3, 0.4) is 0 Å². The third-order valence-corrected chi connectivity index (χ3v) is 6.97. The van der Waals surface area contributed by atoms with E-state index in [1.807, 2.05) is 34.6 Å². The Kier molecular flexibility index (Phi) is 7.31. The van der Waals surface area contributed by atoms with Crippen molar-refractivity contribution in [3.63, 3.8) is 0 Å². The minimum absolute atomic E-state index is 0.0898. The number of carbonyl (C=O) groups excluding carboxylic acids is 1. The van der Waals surface area contributed by atoms with Crippen LogP contribution < -0.4 is 9.73 Å². The van der Waals surface area contributed by atoms with Gasteiger partial charge in [0.05, 0.1) is 10.6 Å². The van der Waals surface area contributed by atoms with Gasteiger partial charge in [-0.15, -0.1) is 0 Å². The van der Waals surface area contributed by atoms with Crippen molar-refractivity contribution in [2.24, 2.45) is 10.5 Å². The summed E-state index contributed by atoms with van der Waals surface area (Å²) in [6.07, 6.45) is 0. The number of sulfonamides is 1. The molecule has 2 aromatic carbocycles. The standard InChI is InChI=1S/C22H28ClN3O3S/c1-15-7-11-19(12-8-15)30(28,29)26(18-10-9-16(2)20(23)13-18)14-21(27)25-24-17(3)22(4,5)6/h7-13H,14H2,1-6H3,(H,25,27)/b24-17-. The number of amides is 1. The van der Waals surface area contributed by atoms with Crippen LogP contribution in [0.2, 0.25) is 5.02 Å². The first-order chi connectivity index (χ1) is 13.8. The van der Waals surface area contributed by atoms with Crippen LogP contribution in [-0.2, 0) is 14.8 Å². The number of aryl methyl sites for hydroxylation is 2. The third-order valence-electron chi connectivity index (χ3n) is 4.77. The second-order valence-electron chi connectivity index (χ2n) is 8.24. The number of hydrogen-bond acceptors (Lipinski definition) is 4. The van der Waals surface area contributed by atoms with Gasteiger partial charge >= 0.3 is 0 Å². The number of hydrazone groups is 1. The normalized spacial score (nSPS) is 12.6. The first kappa shape index (κ1) is 23.9. The van der Waals surface area contributed by atoms with Gasteiger partial charge < -0.3 is 0 Å². The van der Waals surface area contributed by atoms with Crippen molar-refractivity contribution in [1.82, 2.24) is 5.43 Å². The van der Waals surface area contributed by atoms with Crippen molar-refractivity contribution in [3.05, 3.63) is 58.6 Å². The first-order valence-corrected chi connectivity index (χ1v) is 11.3. The van der Waals surface area contributed by atoms with E-state index in [2.05, 4.69) is 10.5 Å². The number of nitrogens with one attached hydrogen (secondary N) is 1. The number of benzene rings is 2. The van der Waals surface area contributed by atoms with Crippen molar-refractivity contribution >= 4 is 38.9 Å². The van der Waals surface area contributed by atoms with Crippen molar-refractivity contribution < 1.29 is 13.2 Å². The van der Waals surface area contributed by atoms with Gasteiger partial charge in [0, 0.05) is 16.1 Å². The zero-order chi connectivity index (χ0) is 22.7. The van der Waals surface area contributed by atoms with Gasteiger partial charge in [-0.1, -0.05) is 56.1 Å². The zero-order valence-electron chi connectivity index (χ0n) is 18.2. The lowest BCUT2D eigenvalue weighted by molar-refractivity contribution is -0.119. The summed E-state index contributed by atoms with van der Waals surface area (Å²) in [6.45, 7) is 11.0. The van der Waals surface area contributed by atoms with E-state index in [0.717, 1.165) is 21.1 Å². The summed E-state index contributed by atoms with van der Waals surface area (Å²) in [5.74, 6) is -0.550. The molecule has 0 atom stereocenters. The van der Waals surface area contributed by atoms with Crippen LogP contribution in [0.1, 0.15) is 38.8 Å². The van der Waals surface area contributed by atoms with Gasteiger partial charge in [-0.25, -0.2) is 13.8 Å². The molecule has 0 heterocycles. The van der Waals surface area contributed by atoms with Crippen LogP contribution in [0.4, 0.5) is 5.69 Å². The summed E-state index contributed by atoms with van der Waals surface area (Å²) >= 11 is 6.22. The maximum absolute atomic E-state index is 13.3. The molecule has 0 aliphatic rings. The molecular weight excluding hydrogens is 422 g/mol. The Morgan fingerprint density at radius 1 is 1.10 bits per heavy atom. The Labute approximate surface area is 184 Å². The van der Waals surface area contributed by atoms with E-state index in [-0.39, 0.29) is 10.3 Å². The summed E-state index contributed by atoms with van der Waals surface area (Å²) in [7, 11) is -4.00. The molecule has 0 aromatic heterocycles. The van der Waals surface area contributed by atoms with Crippen molar-refractivity contribution in [2.75, 3.05) is 10.8 Å². The van der Waals surface area contributed by atoms with Crippen molar-refractivity contribution in [2.45, 2.75) is 46.4 Å². The van der Waals surface area contributed by atoms with Crippen LogP contribution in [-0.4, -0.2) is 26.6 Å². The highest BCUT2D eigenvalue weighted by atomic mass is 35.5. The van der Waals surface area contributed by atoms with Gasteiger partial charge in [0.25, 0.3) is 15.9 Å². The Morgan fingerprint density at radius 3 is 2.23 bits per heavy atom. The largest absolute Gasteiger partial charge is 0.271 e. The fraction of sp³-hybridized carbons (Fsp3) is 0.364. The van der Waals surface area contributed by atoms with Crippen LogP contribution in [0, 0.1) is 19.3 Å². The summed E-state index contributed by atoms with van der Waals surface area (Å²) in [6, 6.07) is 11.4. The van der Waals surface area contributed by atoms with Gasteiger partial charge in [-0.2, -0.15) is 5.10 Å². The maximum atomic E-state index is 13.3. The van der Waals surface area contributed by atoms with Gasteiger partial charge in [0.1, 0.15) is 6.54 Å². The van der Waals surface area contributed by atoms with Gasteiger partial charge in [-0.05, 0) is 50.6 Å². The van der Waals surface area contributed by atoms with Crippen LogP contribution >= 0.6 is 11.6 Å². The summed E-state index contributed by atoms with van der Waals surface area (Å²) < 4.78 is 27.7. The Hall–Kier alpha value is -2.38. The number of anilines is 1. The number of carbonyl (C=O) groups is 1. The zero-order valence-corrected chi connectivity index (χ0v) is 19.7. The Bertz CT molecular complexity index is 1060. The monoisotopic (exact) mass is 449 g/mol. The Balaban J connectivity index is 2.42. The van der Waals surface area contributed by atoms with Gasteiger partial charge in [-0.3, -0.25) is 9.10 Å². The average Bonchev–Trinajstić information content (AvgIpc) is 2.66. The summed E-state index contributed by atoms with van der Waals surface area (Å²) in [4.78, 5) is 12.7. The second-order valence-corrected chi connectivity index (χ2v) is 10.5. The maximum Gasteiger partial charge on any atom is 0.264 e. The first-order valence-electron chi connectivity index (χ1n) is 9.51.